The summed E-state index contributed by atoms with van der Waals surface area (Å²) in [6, 6.07) is 1.90. The molecule has 0 aliphatic carbocycles. The Morgan fingerprint density at radius 2 is 2.38 bits per heavy atom. The Balaban J connectivity index is 2.52. The number of hydrogen-bond donors (Lipinski definition) is 0. The summed E-state index contributed by atoms with van der Waals surface area (Å²) >= 11 is 0. The Bertz CT molecular complexity index is 367. The van der Waals surface area contributed by atoms with Crippen molar-refractivity contribution in [3.8, 4) is 0 Å². The minimum absolute atomic E-state index is 0.0983. The third kappa shape index (κ3) is 1.28. The molecule has 1 aliphatic rings. The van der Waals surface area contributed by atoms with Gasteiger partial charge in [-0.2, -0.15) is 0 Å². The van der Waals surface area contributed by atoms with Crippen LogP contribution in [0.3, 0.4) is 0 Å². The maximum absolute atomic E-state index is 11.5. The average Bonchev–Trinajstić information content (AvgIpc) is 2.49. The van der Waals surface area contributed by atoms with Crippen LogP contribution in [0, 0.1) is 5.92 Å². The summed E-state index contributed by atoms with van der Waals surface area (Å²) in [5.74, 6) is 1.47. The molecule has 0 saturated carbocycles. The van der Waals surface area contributed by atoms with Crippen LogP contribution in [0.5, 0.6) is 0 Å². The highest BCUT2D eigenvalue weighted by Crippen LogP contribution is 2.28. The third-order valence-corrected chi connectivity index (χ3v) is 2.72. The lowest BCUT2D eigenvalue weighted by Gasteiger charge is -2.17. The summed E-state index contributed by atoms with van der Waals surface area (Å²) in [4.78, 5) is 15.8. The molecule has 0 saturated heterocycles. The number of hydrogen-bond acceptors (Lipinski definition) is 2. The average molecular weight is 178 g/mol. The van der Waals surface area contributed by atoms with E-state index in [-0.39, 0.29) is 5.56 Å². The second kappa shape index (κ2) is 2.98. The molecular weight excluding hydrogens is 164 g/mol. The van der Waals surface area contributed by atoms with E-state index in [1.807, 2.05) is 4.57 Å². The van der Waals surface area contributed by atoms with Crippen molar-refractivity contribution < 1.29 is 0 Å². The Hall–Kier alpha value is -1.12. The molecular formula is C10H14N2O. The van der Waals surface area contributed by atoms with Gasteiger partial charge < -0.3 is 0 Å². The fourth-order valence-electron chi connectivity index (χ4n) is 2.03. The van der Waals surface area contributed by atoms with Crippen LogP contribution in [0.1, 0.15) is 32.1 Å². The largest absolute Gasteiger partial charge is 0.293 e. The lowest BCUT2D eigenvalue weighted by atomic mass is 10.0. The van der Waals surface area contributed by atoms with Crippen molar-refractivity contribution in [2.24, 2.45) is 5.92 Å². The molecule has 3 heteroatoms. The van der Waals surface area contributed by atoms with E-state index in [2.05, 4.69) is 18.8 Å². The Morgan fingerprint density at radius 1 is 1.62 bits per heavy atom. The summed E-state index contributed by atoms with van der Waals surface area (Å²) in [6.07, 6.45) is 3.61. The highest BCUT2D eigenvalue weighted by molar-refractivity contribution is 5.02. The molecule has 3 nitrogen and oxygen atoms in total. The predicted molar refractivity (Wildman–Crippen MR) is 50.7 cm³/mol. The van der Waals surface area contributed by atoms with Crippen molar-refractivity contribution in [1.82, 2.24) is 9.55 Å². The molecule has 0 radical (unpaired) electrons. The molecule has 70 valence electrons. The Labute approximate surface area is 77.4 Å². The molecule has 0 spiro atoms. The molecule has 1 aromatic rings. The van der Waals surface area contributed by atoms with Crippen LogP contribution >= 0.6 is 0 Å². The number of aromatic nitrogens is 2. The van der Waals surface area contributed by atoms with E-state index in [0.29, 0.717) is 12.0 Å². The minimum Gasteiger partial charge on any atom is -0.293 e. The second-order valence-corrected chi connectivity index (χ2v) is 3.92. The van der Waals surface area contributed by atoms with Crippen LogP contribution in [-0.4, -0.2) is 9.55 Å². The van der Waals surface area contributed by atoms with Crippen LogP contribution in [0.25, 0.3) is 0 Å². The SMILES string of the molecule is CC(C)[C@@H]1CCc2nccc(=O)n21. The zero-order valence-electron chi connectivity index (χ0n) is 8.03. The smallest absolute Gasteiger partial charge is 0.253 e. The van der Waals surface area contributed by atoms with E-state index < -0.39 is 0 Å². The van der Waals surface area contributed by atoms with Gasteiger partial charge in [0.1, 0.15) is 5.82 Å². The zero-order chi connectivity index (χ0) is 9.42. The first-order chi connectivity index (χ1) is 6.20. The van der Waals surface area contributed by atoms with Crippen LogP contribution in [0.15, 0.2) is 17.1 Å². The number of fused-ring (bicyclic) bond motifs is 1. The van der Waals surface area contributed by atoms with Crippen LogP contribution in [-0.2, 0) is 6.42 Å². The van der Waals surface area contributed by atoms with Crippen LogP contribution in [0.4, 0.5) is 0 Å². The van der Waals surface area contributed by atoms with Crippen molar-refractivity contribution in [2.45, 2.75) is 32.7 Å². The van der Waals surface area contributed by atoms with Gasteiger partial charge in [0.25, 0.3) is 5.56 Å². The fraction of sp³-hybridized carbons (Fsp3) is 0.600. The van der Waals surface area contributed by atoms with Gasteiger partial charge >= 0.3 is 0 Å². The van der Waals surface area contributed by atoms with Gasteiger partial charge in [0.05, 0.1) is 0 Å². The summed E-state index contributed by atoms with van der Waals surface area (Å²) in [6.45, 7) is 4.30. The first kappa shape index (κ1) is 8.48. The van der Waals surface area contributed by atoms with E-state index in [4.69, 9.17) is 0 Å². The monoisotopic (exact) mass is 178 g/mol. The first-order valence-corrected chi connectivity index (χ1v) is 4.76. The van der Waals surface area contributed by atoms with E-state index in [9.17, 15) is 4.79 Å². The van der Waals surface area contributed by atoms with Gasteiger partial charge in [0.15, 0.2) is 0 Å². The quantitative estimate of drug-likeness (QED) is 0.651. The van der Waals surface area contributed by atoms with Gasteiger partial charge in [0.2, 0.25) is 0 Å². The highest BCUT2D eigenvalue weighted by atomic mass is 16.1. The molecule has 2 heterocycles. The molecule has 2 rings (SSSR count). The van der Waals surface area contributed by atoms with Gasteiger partial charge in [-0.1, -0.05) is 13.8 Å². The van der Waals surface area contributed by atoms with Crippen molar-refractivity contribution in [3.05, 3.63) is 28.4 Å². The maximum Gasteiger partial charge on any atom is 0.253 e. The molecule has 13 heavy (non-hydrogen) atoms. The van der Waals surface area contributed by atoms with Crippen molar-refractivity contribution >= 4 is 0 Å². The molecule has 0 fully saturated rings. The molecule has 1 aliphatic heterocycles. The predicted octanol–water partition coefficient (Wildman–Crippen LogP) is 1.39. The van der Waals surface area contributed by atoms with Crippen LogP contribution in [0.2, 0.25) is 0 Å². The van der Waals surface area contributed by atoms with Crippen molar-refractivity contribution in [3.63, 3.8) is 0 Å². The lowest BCUT2D eigenvalue weighted by Crippen LogP contribution is -2.25. The summed E-state index contributed by atoms with van der Waals surface area (Å²) in [5.41, 5.74) is 0.0983. The van der Waals surface area contributed by atoms with Gasteiger partial charge in [-0.15, -0.1) is 0 Å². The lowest BCUT2D eigenvalue weighted by molar-refractivity contribution is 0.383. The summed E-state index contributed by atoms with van der Waals surface area (Å²) in [7, 11) is 0. The number of nitrogens with zero attached hydrogens (tertiary/aromatic N) is 2. The Kier molecular flexibility index (Phi) is 1.94. The van der Waals surface area contributed by atoms with Crippen LogP contribution < -0.4 is 5.56 Å². The Morgan fingerprint density at radius 3 is 3.08 bits per heavy atom. The molecule has 1 aromatic heterocycles. The van der Waals surface area contributed by atoms with Gasteiger partial charge in [-0.05, 0) is 12.3 Å². The van der Waals surface area contributed by atoms with Crippen molar-refractivity contribution in [2.75, 3.05) is 0 Å². The molecule has 0 aromatic carbocycles. The van der Waals surface area contributed by atoms with E-state index in [0.717, 1.165) is 18.7 Å². The van der Waals surface area contributed by atoms with Crippen molar-refractivity contribution in [1.29, 1.82) is 0 Å². The molecule has 0 unspecified atom stereocenters. The standard InChI is InChI=1S/C10H14N2O/c1-7(2)8-3-4-9-11-6-5-10(13)12(8)9/h5-8H,3-4H2,1-2H3/t8-/m0/s1. The minimum atomic E-state index is 0.0983. The van der Waals surface area contributed by atoms with Gasteiger partial charge in [0, 0.05) is 24.7 Å². The number of aryl methyl sites for hydroxylation is 1. The summed E-state index contributed by atoms with van der Waals surface area (Å²) in [5, 5.41) is 0. The maximum atomic E-state index is 11.5. The van der Waals surface area contributed by atoms with Gasteiger partial charge in [-0.3, -0.25) is 9.36 Å². The highest BCUT2D eigenvalue weighted by Gasteiger charge is 2.25. The fourth-order valence-corrected chi connectivity index (χ4v) is 2.03. The molecule has 0 amide bonds. The first-order valence-electron chi connectivity index (χ1n) is 4.76. The van der Waals surface area contributed by atoms with Gasteiger partial charge in [-0.25, -0.2) is 4.98 Å². The zero-order valence-corrected chi connectivity index (χ0v) is 8.03. The molecule has 0 N–H and O–H groups in total. The normalized spacial score (nSPS) is 20.7. The second-order valence-electron chi connectivity index (χ2n) is 3.92. The third-order valence-electron chi connectivity index (χ3n) is 2.72. The molecule has 0 bridgehead atoms. The number of rotatable bonds is 1. The summed E-state index contributed by atoms with van der Waals surface area (Å²) < 4.78 is 1.85. The van der Waals surface area contributed by atoms with E-state index in [1.165, 1.54) is 0 Å². The molecule has 1 atom stereocenters. The van der Waals surface area contributed by atoms with E-state index in [1.54, 1.807) is 12.3 Å². The van der Waals surface area contributed by atoms with E-state index >= 15 is 0 Å². The topological polar surface area (TPSA) is 34.9 Å².